The molecule has 32 heavy (non-hydrogen) atoms. The molecule has 1 fully saturated rings. The Labute approximate surface area is 194 Å². The number of ether oxygens (including phenoxy) is 1. The first kappa shape index (κ1) is 24.8. The lowest BCUT2D eigenvalue weighted by Crippen LogP contribution is -2.23. The van der Waals surface area contributed by atoms with E-state index >= 15 is 0 Å². The topological polar surface area (TPSA) is 52.9 Å². The summed E-state index contributed by atoms with van der Waals surface area (Å²) in [4.78, 5) is 2.47. The summed E-state index contributed by atoms with van der Waals surface area (Å²) in [5, 5.41) is 21.2. The number of hydrogen-bond donors (Lipinski definition) is 2. The van der Waals surface area contributed by atoms with Gasteiger partial charge in [-0.3, -0.25) is 0 Å². The molecule has 3 rings (SSSR count). The van der Waals surface area contributed by atoms with Gasteiger partial charge in [0, 0.05) is 30.2 Å². The van der Waals surface area contributed by atoms with Crippen LogP contribution in [0.3, 0.4) is 0 Å². The molecule has 0 spiro atoms. The zero-order valence-corrected chi connectivity index (χ0v) is 20.3. The molecule has 0 amide bonds. The predicted molar refractivity (Wildman–Crippen MR) is 131 cm³/mol. The van der Waals surface area contributed by atoms with Gasteiger partial charge in [0.1, 0.15) is 11.9 Å². The highest BCUT2D eigenvalue weighted by Crippen LogP contribution is 2.52. The highest BCUT2D eigenvalue weighted by molar-refractivity contribution is 5.49. The zero-order chi connectivity index (χ0) is 23.1. The minimum Gasteiger partial charge on any atom is -0.489 e. The molecule has 1 aliphatic heterocycles. The van der Waals surface area contributed by atoms with Gasteiger partial charge in [-0.05, 0) is 57.3 Å². The van der Waals surface area contributed by atoms with Gasteiger partial charge in [-0.25, -0.2) is 0 Å². The molecule has 1 aromatic carbocycles. The Balaban J connectivity index is 1.66. The van der Waals surface area contributed by atoms with E-state index < -0.39 is 12.2 Å². The van der Waals surface area contributed by atoms with Crippen molar-refractivity contribution in [1.82, 2.24) is 4.90 Å². The summed E-state index contributed by atoms with van der Waals surface area (Å²) in [6, 6.07) is 6.49. The van der Waals surface area contributed by atoms with Gasteiger partial charge in [-0.15, -0.1) is 11.8 Å². The molecule has 0 unspecified atom stereocenters. The fourth-order valence-electron chi connectivity index (χ4n) is 5.17. The second kappa shape index (κ2) is 11.9. The van der Waals surface area contributed by atoms with E-state index in [0.29, 0.717) is 12.8 Å². The molecule has 2 N–H and O–H groups in total. The van der Waals surface area contributed by atoms with Crippen LogP contribution in [-0.2, 0) is 6.42 Å². The van der Waals surface area contributed by atoms with Crippen molar-refractivity contribution in [2.45, 2.75) is 84.0 Å². The first-order valence-corrected chi connectivity index (χ1v) is 12.4. The molecule has 1 aliphatic carbocycles. The van der Waals surface area contributed by atoms with Crippen LogP contribution >= 0.6 is 0 Å². The molecule has 4 heteroatoms. The van der Waals surface area contributed by atoms with Crippen LogP contribution in [0.4, 0.5) is 0 Å². The van der Waals surface area contributed by atoms with Crippen LogP contribution in [0.15, 0.2) is 30.4 Å². The Morgan fingerprint density at radius 3 is 2.75 bits per heavy atom. The van der Waals surface area contributed by atoms with Crippen LogP contribution in [0, 0.1) is 23.7 Å². The maximum atomic E-state index is 10.7. The molecule has 1 heterocycles. The first-order valence-electron chi connectivity index (χ1n) is 12.4. The second-order valence-electron chi connectivity index (χ2n) is 9.37. The van der Waals surface area contributed by atoms with Crippen molar-refractivity contribution in [3.63, 3.8) is 0 Å². The molecule has 4 nitrogen and oxygen atoms in total. The average molecular weight is 440 g/mol. The predicted octanol–water partition coefficient (Wildman–Crippen LogP) is 4.54. The molecule has 0 saturated heterocycles. The second-order valence-corrected chi connectivity index (χ2v) is 9.37. The van der Waals surface area contributed by atoms with Gasteiger partial charge in [0.25, 0.3) is 0 Å². The molecule has 1 saturated carbocycles. The fourth-order valence-corrected chi connectivity index (χ4v) is 5.17. The third-order valence-corrected chi connectivity index (χ3v) is 7.27. The highest BCUT2D eigenvalue weighted by Gasteiger charge is 2.48. The van der Waals surface area contributed by atoms with E-state index in [1.54, 1.807) is 0 Å². The Morgan fingerprint density at radius 2 is 2.03 bits per heavy atom. The van der Waals surface area contributed by atoms with Gasteiger partial charge in [-0.2, -0.15) is 0 Å². The molecule has 6 atom stereocenters. The number of benzene rings is 1. The van der Waals surface area contributed by atoms with Gasteiger partial charge in [0.05, 0.1) is 12.2 Å². The van der Waals surface area contributed by atoms with Crippen LogP contribution in [0.25, 0.3) is 0 Å². The molecule has 0 aromatic heterocycles. The van der Waals surface area contributed by atoms with E-state index in [4.69, 9.17) is 4.74 Å². The molecular formula is C28H41NO3. The largest absolute Gasteiger partial charge is 0.489 e. The van der Waals surface area contributed by atoms with E-state index in [1.165, 1.54) is 17.5 Å². The number of unbranched alkanes of at least 4 members (excludes halogenated alkanes) is 1. The Morgan fingerprint density at radius 1 is 1.25 bits per heavy atom. The Kier molecular flexibility index (Phi) is 9.22. The summed E-state index contributed by atoms with van der Waals surface area (Å²) >= 11 is 0. The minimum atomic E-state index is -0.555. The fraction of sp³-hybridized carbons (Fsp3) is 0.643. The van der Waals surface area contributed by atoms with Gasteiger partial charge in [0.2, 0.25) is 0 Å². The molecule has 2 aliphatic rings. The molecule has 176 valence electrons. The van der Waals surface area contributed by atoms with Crippen molar-refractivity contribution in [2.75, 3.05) is 19.6 Å². The number of aliphatic hydroxyl groups is 2. The van der Waals surface area contributed by atoms with Crippen LogP contribution in [-0.4, -0.2) is 53.1 Å². The van der Waals surface area contributed by atoms with Crippen molar-refractivity contribution in [2.24, 2.45) is 11.8 Å². The number of fused-ring (bicyclic) bond motifs is 3. The Hall–Kier alpha value is -1.80. The van der Waals surface area contributed by atoms with Crippen molar-refractivity contribution in [3.8, 4) is 17.6 Å². The lowest BCUT2D eigenvalue weighted by molar-refractivity contribution is 0.134. The quantitative estimate of drug-likeness (QED) is 0.302. The van der Waals surface area contributed by atoms with E-state index in [0.717, 1.165) is 38.2 Å². The Bertz CT molecular complexity index is 820. The van der Waals surface area contributed by atoms with Gasteiger partial charge < -0.3 is 19.8 Å². The third-order valence-electron chi connectivity index (χ3n) is 7.27. The SMILES string of the molecule is CC#CC[C@@H](C)[C@H](O)/C=C/[C@@H]1[C@H]2c3cccc(CCCCN(CC)CC)c3O[C@H]2C[C@H]1O. The van der Waals surface area contributed by atoms with E-state index in [1.807, 2.05) is 26.0 Å². The van der Waals surface area contributed by atoms with Gasteiger partial charge >= 0.3 is 0 Å². The number of aliphatic hydroxyl groups excluding tert-OH is 2. The van der Waals surface area contributed by atoms with Crippen molar-refractivity contribution < 1.29 is 14.9 Å². The summed E-state index contributed by atoms with van der Waals surface area (Å²) in [7, 11) is 0. The van der Waals surface area contributed by atoms with Crippen LogP contribution in [0.2, 0.25) is 0 Å². The number of para-hydroxylation sites is 1. The van der Waals surface area contributed by atoms with E-state index in [2.05, 4.69) is 48.8 Å². The van der Waals surface area contributed by atoms with Crippen molar-refractivity contribution >= 4 is 0 Å². The summed E-state index contributed by atoms with van der Waals surface area (Å²) in [5.41, 5.74) is 2.52. The molecule has 0 bridgehead atoms. The first-order chi connectivity index (χ1) is 15.5. The number of nitrogens with zero attached hydrogens (tertiary/aromatic N) is 1. The van der Waals surface area contributed by atoms with Crippen molar-refractivity contribution in [3.05, 3.63) is 41.5 Å². The van der Waals surface area contributed by atoms with Crippen LogP contribution in [0.1, 0.15) is 70.4 Å². The normalized spacial score (nSPS) is 25.8. The van der Waals surface area contributed by atoms with E-state index in [9.17, 15) is 10.2 Å². The highest BCUT2D eigenvalue weighted by atomic mass is 16.5. The molecular weight excluding hydrogens is 398 g/mol. The summed E-state index contributed by atoms with van der Waals surface area (Å²) < 4.78 is 6.41. The van der Waals surface area contributed by atoms with Gasteiger partial charge in [0.15, 0.2) is 0 Å². The summed E-state index contributed by atoms with van der Waals surface area (Å²) in [6.07, 6.45) is 7.59. The third kappa shape index (κ3) is 5.76. The monoisotopic (exact) mass is 439 g/mol. The standard InChI is InChI=1S/C28H41NO3/c1-5-8-12-20(4)24(30)17-16-22-25(31)19-26-27(22)23-15-11-14-21(28(23)32-26)13-9-10-18-29(6-2)7-3/h11,14-17,20,22,24-27,30-31H,6-7,9-10,12-13,18-19H2,1-4H3/b17-16+/t20-,22+,24-,25-,26+,27+/m1/s1. The van der Waals surface area contributed by atoms with Gasteiger partial charge in [-0.1, -0.05) is 51.1 Å². The maximum absolute atomic E-state index is 10.7. The van der Waals surface area contributed by atoms with E-state index in [-0.39, 0.29) is 23.9 Å². The number of rotatable bonds is 11. The lowest BCUT2D eigenvalue weighted by Gasteiger charge is -2.19. The maximum Gasteiger partial charge on any atom is 0.126 e. The summed E-state index contributed by atoms with van der Waals surface area (Å²) in [5.74, 6) is 7.17. The number of hydrogen-bond acceptors (Lipinski definition) is 4. The smallest absolute Gasteiger partial charge is 0.126 e. The van der Waals surface area contributed by atoms with Crippen molar-refractivity contribution in [1.29, 1.82) is 0 Å². The average Bonchev–Trinajstić information content (AvgIpc) is 3.30. The lowest BCUT2D eigenvalue weighted by atomic mass is 9.86. The molecule has 1 aromatic rings. The van der Waals surface area contributed by atoms with Crippen LogP contribution in [0.5, 0.6) is 5.75 Å². The summed E-state index contributed by atoms with van der Waals surface area (Å²) in [6.45, 7) is 11.6. The minimum absolute atomic E-state index is 0.0204. The van der Waals surface area contributed by atoms with Crippen LogP contribution < -0.4 is 4.74 Å². The zero-order valence-electron chi connectivity index (χ0n) is 20.3. The molecule has 0 radical (unpaired) electrons. The number of aryl methyl sites for hydroxylation is 1.